The topological polar surface area (TPSA) is 21.3 Å². The van der Waals surface area contributed by atoms with E-state index in [4.69, 9.17) is 16.3 Å². The second-order valence-corrected chi connectivity index (χ2v) is 5.48. The average Bonchev–Trinajstić information content (AvgIpc) is 2.88. The summed E-state index contributed by atoms with van der Waals surface area (Å²) in [5.41, 5.74) is 0.688. The summed E-state index contributed by atoms with van der Waals surface area (Å²) in [5, 5.41) is 3.85. The number of hydrogen-bond donors (Lipinski definition) is 1. The zero-order valence-electron chi connectivity index (χ0n) is 11.3. The van der Waals surface area contributed by atoms with E-state index in [1.165, 1.54) is 6.07 Å². The third-order valence-corrected chi connectivity index (χ3v) is 3.74. The second-order valence-electron chi connectivity index (χ2n) is 5.04. The van der Waals surface area contributed by atoms with Crippen LogP contribution in [-0.4, -0.2) is 19.3 Å². The van der Waals surface area contributed by atoms with E-state index in [0.717, 1.165) is 38.8 Å². The highest BCUT2D eigenvalue weighted by molar-refractivity contribution is 6.30. The molecule has 0 bridgehead atoms. The lowest BCUT2D eigenvalue weighted by atomic mass is 9.98. The van der Waals surface area contributed by atoms with E-state index < -0.39 is 0 Å². The van der Waals surface area contributed by atoms with Gasteiger partial charge in [0, 0.05) is 23.2 Å². The van der Waals surface area contributed by atoms with Crippen LogP contribution in [-0.2, 0) is 4.74 Å². The Hall–Kier alpha value is -0.640. The molecule has 0 aliphatic carbocycles. The zero-order valence-corrected chi connectivity index (χ0v) is 12.0. The molecule has 0 spiro atoms. The van der Waals surface area contributed by atoms with Crippen molar-refractivity contribution >= 4 is 11.6 Å². The van der Waals surface area contributed by atoms with Crippen molar-refractivity contribution in [2.45, 2.75) is 44.8 Å². The molecule has 2 rings (SSSR count). The standard InChI is InChI=1S/C15H21ClFNO/c1-2-7-18-15(10-12-4-3-8-19-12)13-6-5-11(16)9-14(13)17/h5-6,9,12,15,18H,2-4,7-8,10H2,1H3. The largest absolute Gasteiger partial charge is 0.378 e. The van der Waals surface area contributed by atoms with E-state index in [0.29, 0.717) is 10.6 Å². The van der Waals surface area contributed by atoms with Crippen LogP contribution in [0.2, 0.25) is 5.02 Å². The molecular formula is C15H21ClFNO. The van der Waals surface area contributed by atoms with Gasteiger partial charge in [-0.2, -0.15) is 0 Å². The van der Waals surface area contributed by atoms with Crippen LogP contribution in [0, 0.1) is 5.82 Å². The van der Waals surface area contributed by atoms with Gasteiger partial charge in [0.25, 0.3) is 0 Å². The summed E-state index contributed by atoms with van der Waals surface area (Å²) in [6.45, 7) is 3.81. The fraction of sp³-hybridized carbons (Fsp3) is 0.600. The second kappa shape index (κ2) is 7.22. The van der Waals surface area contributed by atoms with Crippen molar-refractivity contribution in [3.8, 4) is 0 Å². The van der Waals surface area contributed by atoms with E-state index in [-0.39, 0.29) is 18.0 Å². The summed E-state index contributed by atoms with van der Waals surface area (Å²) < 4.78 is 19.7. The first-order valence-corrected chi connectivity index (χ1v) is 7.38. The third kappa shape index (κ3) is 4.16. The number of rotatable bonds is 6. The van der Waals surface area contributed by atoms with Gasteiger partial charge >= 0.3 is 0 Å². The van der Waals surface area contributed by atoms with Gasteiger partial charge in [-0.15, -0.1) is 0 Å². The maximum atomic E-state index is 14.0. The fourth-order valence-electron chi connectivity index (χ4n) is 2.52. The number of hydrogen-bond acceptors (Lipinski definition) is 2. The van der Waals surface area contributed by atoms with Crippen LogP contribution in [0.15, 0.2) is 18.2 Å². The molecule has 2 nitrogen and oxygen atoms in total. The van der Waals surface area contributed by atoms with E-state index in [1.54, 1.807) is 12.1 Å². The van der Waals surface area contributed by atoms with E-state index in [1.807, 2.05) is 0 Å². The maximum Gasteiger partial charge on any atom is 0.129 e. The first kappa shape index (κ1) is 14.8. The Bertz CT molecular complexity index is 407. The predicted octanol–water partition coefficient (Wildman–Crippen LogP) is 4.09. The highest BCUT2D eigenvalue weighted by atomic mass is 35.5. The Morgan fingerprint density at radius 2 is 2.37 bits per heavy atom. The van der Waals surface area contributed by atoms with Crippen LogP contribution in [0.1, 0.15) is 44.2 Å². The molecule has 0 amide bonds. The summed E-state index contributed by atoms with van der Waals surface area (Å²) in [6, 6.07) is 4.91. The first-order valence-electron chi connectivity index (χ1n) is 7.00. The fourth-order valence-corrected chi connectivity index (χ4v) is 2.67. The van der Waals surface area contributed by atoms with Gasteiger partial charge in [-0.05, 0) is 44.4 Å². The highest BCUT2D eigenvalue weighted by Crippen LogP contribution is 2.28. The quantitative estimate of drug-likeness (QED) is 0.850. The number of nitrogens with one attached hydrogen (secondary N) is 1. The molecule has 1 aliphatic rings. The van der Waals surface area contributed by atoms with Crippen molar-refractivity contribution in [1.29, 1.82) is 0 Å². The molecule has 0 aromatic heterocycles. The zero-order chi connectivity index (χ0) is 13.7. The molecule has 4 heteroatoms. The van der Waals surface area contributed by atoms with Gasteiger partial charge in [0.05, 0.1) is 6.10 Å². The van der Waals surface area contributed by atoms with Gasteiger partial charge in [0.2, 0.25) is 0 Å². The molecule has 0 radical (unpaired) electrons. The van der Waals surface area contributed by atoms with Crippen LogP contribution >= 0.6 is 11.6 Å². The maximum absolute atomic E-state index is 14.0. The molecule has 1 aromatic rings. The minimum Gasteiger partial charge on any atom is -0.378 e. The molecule has 1 fully saturated rings. The van der Waals surface area contributed by atoms with Crippen LogP contribution in [0.3, 0.4) is 0 Å². The van der Waals surface area contributed by atoms with Crippen LogP contribution in [0.4, 0.5) is 4.39 Å². The Morgan fingerprint density at radius 1 is 1.53 bits per heavy atom. The summed E-state index contributed by atoms with van der Waals surface area (Å²) >= 11 is 5.81. The highest BCUT2D eigenvalue weighted by Gasteiger charge is 2.23. The first-order chi connectivity index (χ1) is 9.20. The molecule has 106 valence electrons. The molecule has 2 unspecified atom stereocenters. The molecule has 1 aliphatic heterocycles. The van der Waals surface area contributed by atoms with Gasteiger partial charge in [0.1, 0.15) is 5.82 Å². The van der Waals surface area contributed by atoms with Gasteiger partial charge in [0.15, 0.2) is 0 Å². The normalized spacial score (nSPS) is 20.7. The molecule has 1 heterocycles. The van der Waals surface area contributed by atoms with Gasteiger partial charge < -0.3 is 10.1 Å². The lowest BCUT2D eigenvalue weighted by molar-refractivity contribution is 0.0942. The van der Waals surface area contributed by atoms with E-state index in [9.17, 15) is 4.39 Å². The van der Waals surface area contributed by atoms with E-state index >= 15 is 0 Å². The Kier molecular flexibility index (Phi) is 5.61. The summed E-state index contributed by atoms with van der Waals surface area (Å²) in [5.74, 6) is -0.237. The molecule has 1 aromatic carbocycles. The molecule has 1 N–H and O–H groups in total. The summed E-state index contributed by atoms with van der Waals surface area (Å²) in [4.78, 5) is 0. The Balaban J connectivity index is 2.10. The molecule has 1 saturated heterocycles. The average molecular weight is 286 g/mol. The van der Waals surface area contributed by atoms with Crippen molar-refractivity contribution in [1.82, 2.24) is 5.32 Å². The number of halogens is 2. The third-order valence-electron chi connectivity index (χ3n) is 3.50. The summed E-state index contributed by atoms with van der Waals surface area (Å²) in [7, 11) is 0. The molecule has 19 heavy (non-hydrogen) atoms. The van der Waals surface area contributed by atoms with Gasteiger partial charge in [-0.1, -0.05) is 24.6 Å². The number of ether oxygens (including phenoxy) is 1. The smallest absolute Gasteiger partial charge is 0.129 e. The number of benzene rings is 1. The Labute approximate surface area is 119 Å². The van der Waals surface area contributed by atoms with Crippen molar-refractivity contribution in [2.24, 2.45) is 0 Å². The van der Waals surface area contributed by atoms with Gasteiger partial charge in [-0.3, -0.25) is 0 Å². The minimum atomic E-state index is -0.237. The summed E-state index contributed by atoms with van der Waals surface area (Å²) in [6.07, 6.45) is 4.26. The van der Waals surface area contributed by atoms with Crippen LogP contribution in [0.5, 0.6) is 0 Å². The minimum absolute atomic E-state index is 0.000293. The van der Waals surface area contributed by atoms with Crippen LogP contribution in [0.25, 0.3) is 0 Å². The molecule has 0 saturated carbocycles. The van der Waals surface area contributed by atoms with Crippen molar-refractivity contribution in [3.05, 3.63) is 34.6 Å². The molecular weight excluding hydrogens is 265 g/mol. The van der Waals surface area contributed by atoms with Crippen LogP contribution < -0.4 is 5.32 Å². The van der Waals surface area contributed by atoms with Crippen molar-refractivity contribution in [2.75, 3.05) is 13.2 Å². The predicted molar refractivity (Wildman–Crippen MR) is 76.0 cm³/mol. The Morgan fingerprint density at radius 3 is 3.00 bits per heavy atom. The monoisotopic (exact) mass is 285 g/mol. The molecule has 2 atom stereocenters. The lowest BCUT2D eigenvalue weighted by Crippen LogP contribution is -2.27. The SMILES string of the molecule is CCCNC(CC1CCCO1)c1ccc(Cl)cc1F. The van der Waals surface area contributed by atoms with Crippen molar-refractivity contribution < 1.29 is 9.13 Å². The lowest BCUT2D eigenvalue weighted by Gasteiger charge is -2.22. The van der Waals surface area contributed by atoms with E-state index in [2.05, 4.69) is 12.2 Å². The van der Waals surface area contributed by atoms with Gasteiger partial charge in [-0.25, -0.2) is 4.39 Å². The van der Waals surface area contributed by atoms with Crippen molar-refractivity contribution in [3.63, 3.8) is 0 Å².